The van der Waals surface area contributed by atoms with Crippen LogP contribution in [0, 0.1) is 0 Å². The SMILES string of the molecule is CC(=O)N(CCNC(=O)Cc1ccccc1)c1ccc(N(C)C)cc1. The van der Waals surface area contributed by atoms with Crippen molar-refractivity contribution in [2.45, 2.75) is 13.3 Å². The number of anilines is 2. The van der Waals surface area contributed by atoms with Crippen LogP contribution in [0.5, 0.6) is 0 Å². The van der Waals surface area contributed by atoms with Gasteiger partial charge in [-0.1, -0.05) is 30.3 Å². The Bertz CT molecular complexity index is 697. The molecule has 2 aromatic rings. The van der Waals surface area contributed by atoms with Gasteiger partial charge in [0.15, 0.2) is 0 Å². The number of carbonyl (C=O) groups excluding carboxylic acids is 2. The summed E-state index contributed by atoms with van der Waals surface area (Å²) in [7, 11) is 3.94. The summed E-state index contributed by atoms with van der Waals surface area (Å²) in [6.07, 6.45) is 0.346. The molecule has 0 radical (unpaired) electrons. The zero-order valence-electron chi connectivity index (χ0n) is 15.0. The van der Waals surface area contributed by atoms with Crippen LogP contribution in [-0.4, -0.2) is 39.0 Å². The van der Waals surface area contributed by atoms with Crippen LogP contribution >= 0.6 is 0 Å². The van der Waals surface area contributed by atoms with Crippen LogP contribution in [0.25, 0.3) is 0 Å². The zero-order valence-corrected chi connectivity index (χ0v) is 15.0. The Balaban J connectivity index is 1.89. The fourth-order valence-electron chi connectivity index (χ4n) is 2.55. The van der Waals surface area contributed by atoms with Crippen LogP contribution in [0.4, 0.5) is 11.4 Å². The van der Waals surface area contributed by atoms with E-state index in [2.05, 4.69) is 5.32 Å². The third kappa shape index (κ3) is 5.64. The Hall–Kier alpha value is -2.82. The molecule has 0 saturated heterocycles. The smallest absolute Gasteiger partial charge is 0.224 e. The molecule has 5 nitrogen and oxygen atoms in total. The highest BCUT2D eigenvalue weighted by atomic mass is 16.2. The normalized spacial score (nSPS) is 10.2. The van der Waals surface area contributed by atoms with Crippen molar-refractivity contribution in [2.24, 2.45) is 0 Å². The summed E-state index contributed by atoms with van der Waals surface area (Å²) in [5.41, 5.74) is 2.88. The molecule has 5 heteroatoms. The number of rotatable bonds is 7. The van der Waals surface area contributed by atoms with Crippen LogP contribution in [0.1, 0.15) is 12.5 Å². The second kappa shape index (κ2) is 8.87. The maximum absolute atomic E-state index is 12.0. The van der Waals surface area contributed by atoms with Gasteiger partial charge in [0.25, 0.3) is 0 Å². The van der Waals surface area contributed by atoms with E-state index in [9.17, 15) is 9.59 Å². The first kappa shape index (κ1) is 18.5. The Morgan fingerprint density at radius 3 is 2.08 bits per heavy atom. The van der Waals surface area contributed by atoms with Crippen molar-refractivity contribution in [1.29, 1.82) is 0 Å². The van der Waals surface area contributed by atoms with Crippen molar-refractivity contribution in [2.75, 3.05) is 37.0 Å². The molecule has 2 amide bonds. The summed E-state index contributed by atoms with van der Waals surface area (Å²) in [6, 6.07) is 17.4. The molecule has 0 unspecified atom stereocenters. The van der Waals surface area contributed by atoms with Gasteiger partial charge >= 0.3 is 0 Å². The number of nitrogens with zero attached hydrogens (tertiary/aromatic N) is 2. The minimum Gasteiger partial charge on any atom is -0.378 e. The summed E-state index contributed by atoms with van der Waals surface area (Å²) < 4.78 is 0. The topological polar surface area (TPSA) is 52.7 Å². The summed E-state index contributed by atoms with van der Waals surface area (Å²) in [5.74, 6) is -0.0902. The molecule has 25 heavy (non-hydrogen) atoms. The molecule has 0 saturated carbocycles. The van der Waals surface area contributed by atoms with E-state index in [0.29, 0.717) is 19.5 Å². The van der Waals surface area contributed by atoms with Crippen LogP contribution in [-0.2, 0) is 16.0 Å². The van der Waals surface area contributed by atoms with E-state index in [0.717, 1.165) is 16.9 Å². The average Bonchev–Trinajstić information content (AvgIpc) is 2.59. The van der Waals surface area contributed by atoms with Gasteiger partial charge in [0, 0.05) is 45.5 Å². The van der Waals surface area contributed by atoms with Gasteiger partial charge < -0.3 is 15.1 Å². The molecule has 0 aliphatic rings. The van der Waals surface area contributed by atoms with Crippen LogP contribution in [0.2, 0.25) is 0 Å². The van der Waals surface area contributed by atoms with E-state index in [1.54, 1.807) is 4.90 Å². The van der Waals surface area contributed by atoms with Crippen LogP contribution in [0.15, 0.2) is 54.6 Å². The Morgan fingerprint density at radius 2 is 1.52 bits per heavy atom. The van der Waals surface area contributed by atoms with Crippen molar-refractivity contribution in [3.63, 3.8) is 0 Å². The van der Waals surface area contributed by atoms with Crippen molar-refractivity contribution < 1.29 is 9.59 Å². The monoisotopic (exact) mass is 339 g/mol. The summed E-state index contributed by atoms with van der Waals surface area (Å²) in [6.45, 7) is 2.39. The minimum atomic E-state index is -0.0464. The maximum atomic E-state index is 12.0. The molecule has 0 aliphatic carbocycles. The lowest BCUT2D eigenvalue weighted by atomic mass is 10.1. The van der Waals surface area contributed by atoms with Gasteiger partial charge in [-0.05, 0) is 29.8 Å². The lowest BCUT2D eigenvalue weighted by molar-refractivity contribution is -0.121. The molecule has 1 N–H and O–H groups in total. The largest absolute Gasteiger partial charge is 0.378 e. The van der Waals surface area contributed by atoms with Crippen molar-refractivity contribution >= 4 is 23.2 Å². The third-order valence-corrected chi connectivity index (χ3v) is 3.92. The maximum Gasteiger partial charge on any atom is 0.224 e. The first-order valence-corrected chi connectivity index (χ1v) is 8.33. The fourth-order valence-corrected chi connectivity index (χ4v) is 2.55. The third-order valence-electron chi connectivity index (χ3n) is 3.92. The Labute approximate surface area is 149 Å². The van der Waals surface area contributed by atoms with Gasteiger partial charge in [-0.3, -0.25) is 9.59 Å². The average molecular weight is 339 g/mol. The first-order chi connectivity index (χ1) is 12.0. The molecule has 2 aromatic carbocycles. The second-order valence-electron chi connectivity index (χ2n) is 6.09. The van der Waals surface area contributed by atoms with E-state index < -0.39 is 0 Å². The molecular weight excluding hydrogens is 314 g/mol. The first-order valence-electron chi connectivity index (χ1n) is 8.33. The highest BCUT2D eigenvalue weighted by Gasteiger charge is 2.12. The van der Waals surface area contributed by atoms with Gasteiger partial charge in [-0.25, -0.2) is 0 Å². The molecule has 2 rings (SSSR count). The van der Waals surface area contributed by atoms with Gasteiger partial charge in [0.2, 0.25) is 11.8 Å². The number of hydrogen-bond acceptors (Lipinski definition) is 3. The lowest BCUT2D eigenvalue weighted by Crippen LogP contribution is -2.38. The molecule has 0 aromatic heterocycles. The van der Waals surface area contributed by atoms with Gasteiger partial charge in [-0.2, -0.15) is 0 Å². The van der Waals surface area contributed by atoms with Gasteiger partial charge in [0.05, 0.1) is 6.42 Å². The molecule has 0 fully saturated rings. The molecule has 0 heterocycles. The summed E-state index contributed by atoms with van der Waals surface area (Å²) in [5, 5.41) is 2.87. The summed E-state index contributed by atoms with van der Waals surface area (Å²) >= 11 is 0. The molecule has 0 spiro atoms. The predicted molar refractivity (Wildman–Crippen MR) is 102 cm³/mol. The second-order valence-corrected chi connectivity index (χ2v) is 6.09. The van der Waals surface area contributed by atoms with Crippen molar-refractivity contribution in [3.05, 3.63) is 60.2 Å². The van der Waals surface area contributed by atoms with Crippen molar-refractivity contribution in [1.82, 2.24) is 5.32 Å². The highest BCUT2D eigenvalue weighted by Crippen LogP contribution is 2.19. The van der Waals surface area contributed by atoms with Gasteiger partial charge in [0.1, 0.15) is 0 Å². The van der Waals surface area contributed by atoms with Gasteiger partial charge in [-0.15, -0.1) is 0 Å². The quantitative estimate of drug-likeness (QED) is 0.843. The van der Waals surface area contributed by atoms with E-state index in [1.165, 1.54) is 6.92 Å². The van der Waals surface area contributed by atoms with Crippen LogP contribution < -0.4 is 15.1 Å². The van der Waals surface area contributed by atoms with E-state index in [-0.39, 0.29) is 11.8 Å². The van der Waals surface area contributed by atoms with E-state index in [1.807, 2.05) is 73.6 Å². The molecule has 132 valence electrons. The zero-order chi connectivity index (χ0) is 18.2. The van der Waals surface area contributed by atoms with Crippen LogP contribution in [0.3, 0.4) is 0 Å². The number of benzene rings is 2. The Morgan fingerprint density at radius 1 is 0.920 bits per heavy atom. The number of hydrogen-bond donors (Lipinski definition) is 1. The van der Waals surface area contributed by atoms with E-state index in [4.69, 9.17) is 0 Å². The number of amides is 2. The number of nitrogens with one attached hydrogen (secondary N) is 1. The minimum absolute atomic E-state index is 0.0438. The molecular formula is C20H25N3O2. The predicted octanol–water partition coefficient (Wildman–Crippen LogP) is 2.46. The Kier molecular flexibility index (Phi) is 6.57. The van der Waals surface area contributed by atoms with E-state index >= 15 is 0 Å². The lowest BCUT2D eigenvalue weighted by Gasteiger charge is -2.22. The molecule has 0 aliphatic heterocycles. The van der Waals surface area contributed by atoms with Crippen molar-refractivity contribution in [3.8, 4) is 0 Å². The number of carbonyl (C=O) groups is 2. The molecule has 0 bridgehead atoms. The highest BCUT2D eigenvalue weighted by molar-refractivity contribution is 5.91. The summed E-state index contributed by atoms with van der Waals surface area (Å²) in [4.78, 5) is 27.6. The standard InChI is InChI=1S/C20H25N3O2/c1-16(24)23(19-11-9-18(10-12-19)22(2)3)14-13-21-20(25)15-17-7-5-4-6-8-17/h4-12H,13-15H2,1-3H3,(H,21,25). The fraction of sp³-hybridized carbons (Fsp3) is 0.300. The molecule has 0 atom stereocenters.